The van der Waals surface area contributed by atoms with E-state index in [1.54, 1.807) is 6.08 Å². The molecule has 0 aliphatic heterocycles. The Labute approximate surface area is 68.2 Å². The molecule has 1 aliphatic rings. The van der Waals surface area contributed by atoms with Gasteiger partial charge >= 0.3 is 5.97 Å². The summed E-state index contributed by atoms with van der Waals surface area (Å²) in [5, 5.41) is 18.9. The van der Waals surface area contributed by atoms with Gasteiger partial charge in [-0.1, -0.05) is 6.08 Å². The molecule has 0 radical (unpaired) electrons. The van der Waals surface area contributed by atoms with Crippen molar-refractivity contribution in [1.29, 1.82) is 0 Å². The van der Waals surface area contributed by atoms with Crippen molar-refractivity contribution in [3.8, 4) is 0 Å². The van der Waals surface area contributed by atoms with Crippen molar-refractivity contribution in [2.45, 2.75) is 12.8 Å². The summed E-state index contributed by atoms with van der Waals surface area (Å²) in [6.07, 6.45) is 3.64. The first-order valence-electron chi connectivity index (χ1n) is 3.40. The number of aliphatic carboxylic acids is 1. The largest absolute Gasteiger partial charge is 0.478 e. The van der Waals surface area contributed by atoms with Crippen LogP contribution < -0.4 is 0 Å². The Morgan fingerprint density at radius 2 is 2.33 bits per heavy atom. The second kappa shape index (κ2) is 3.17. The highest BCUT2D eigenvalue weighted by molar-refractivity contribution is 5.87. The second-order valence-electron chi connectivity index (χ2n) is 2.37. The van der Waals surface area contributed by atoms with E-state index in [9.17, 15) is 14.9 Å². The van der Waals surface area contributed by atoms with Gasteiger partial charge in [0.15, 0.2) is 0 Å². The van der Waals surface area contributed by atoms with Crippen molar-refractivity contribution in [1.82, 2.24) is 0 Å². The number of nitro groups is 1. The zero-order chi connectivity index (χ0) is 9.14. The lowest BCUT2D eigenvalue weighted by Crippen LogP contribution is -2.11. The minimum absolute atomic E-state index is 0.109. The molecule has 1 aliphatic carbocycles. The van der Waals surface area contributed by atoms with E-state index in [0.29, 0.717) is 6.42 Å². The Balaban J connectivity index is 3.08. The van der Waals surface area contributed by atoms with Gasteiger partial charge in [-0.2, -0.15) is 0 Å². The first-order chi connectivity index (χ1) is 5.63. The van der Waals surface area contributed by atoms with Gasteiger partial charge in [0.05, 0.1) is 4.92 Å². The van der Waals surface area contributed by atoms with E-state index in [4.69, 9.17) is 5.11 Å². The molecule has 0 amide bonds. The van der Waals surface area contributed by atoms with Crippen molar-refractivity contribution < 1.29 is 14.8 Å². The summed E-state index contributed by atoms with van der Waals surface area (Å²) in [6, 6.07) is 0. The third-order valence-electron chi connectivity index (χ3n) is 1.60. The average molecular weight is 169 g/mol. The zero-order valence-electron chi connectivity index (χ0n) is 6.19. The summed E-state index contributed by atoms with van der Waals surface area (Å²) in [7, 11) is 0. The van der Waals surface area contributed by atoms with Crippen LogP contribution in [0.15, 0.2) is 23.4 Å². The molecule has 0 bridgehead atoms. The van der Waals surface area contributed by atoms with Crippen molar-refractivity contribution in [2.75, 3.05) is 0 Å². The predicted molar refractivity (Wildman–Crippen MR) is 40.0 cm³/mol. The summed E-state index contributed by atoms with van der Waals surface area (Å²) < 4.78 is 0. The van der Waals surface area contributed by atoms with Gasteiger partial charge in [-0.3, -0.25) is 10.1 Å². The molecule has 1 rings (SSSR count). The van der Waals surface area contributed by atoms with E-state index in [-0.39, 0.29) is 17.7 Å². The van der Waals surface area contributed by atoms with Crippen molar-refractivity contribution in [3.63, 3.8) is 0 Å². The molecular formula is C7H7NO4. The van der Waals surface area contributed by atoms with Crippen LogP contribution >= 0.6 is 0 Å². The lowest BCUT2D eigenvalue weighted by molar-refractivity contribution is -0.420. The van der Waals surface area contributed by atoms with Gasteiger partial charge in [0.25, 0.3) is 5.70 Å². The molecule has 5 heteroatoms. The van der Waals surface area contributed by atoms with Gasteiger partial charge in [0.1, 0.15) is 5.57 Å². The molecule has 64 valence electrons. The topological polar surface area (TPSA) is 80.4 Å². The maximum atomic E-state index is 10.5. The molecular weight excluding hydrogens is 162 g/mol. The van der Waals surface area contributed by atoms with Crippen LogP contribution in [0.2, 0.25) is 0 Å². The van der Waals surface area contributed by atoms with Gasteiger partial charge in [-0.15, -0.1) is 0 Å². The Morgan fingerprint density at radius 3 is 2.75 bits per heavy atom. The molecule has 0 aromatic heterocycles. The van der Waals surface area contributed by atoms with Crippen LogP contribution in [0.1, 0.15) is 12.8 Å². The maximum Gasteiger partial charge on any atom is 0.338 e. The van der Waals surface area contributed by atoms with Crippen LogP contribution in [0.5, 0.6) is 0 Å². The average Bonchev–Trinajstić information content (AvgIpc) is 2.04. The molecule has 0 unspecified atom stereocenters. The minimum atomic E-state index is -1.20. The SMILES string of the molecule is O=C(O)C1=C([N+](=O)[O-])C=CCC1. The van der Waals surface area contributed by atoms with Gasteiger partial charge < -0.3 is 5.11 Å². The highest BCUT2D eigenvalue weighted by Crippen LogP contribution is 2.19. The number of hydrogen-bond acceptors (Lipinski definition) is 3. The summed E-state index contributed by atoms with van der Waals surface area (Å²) >= 11 is 0. The third kappa shape index (κ3) is 1.50. The quantitative estimate of drug-likeness (QED) is 0.493. The Morgan fingerprint density at radius 1 is 1.67 bits per heavy atom. The molecule has 0 aromatic rings. The lowest BCUT2D eigenvalue weighted by Gasteiger charge is -2.04. The van der Waals surface area contributed by atoms with Gasteiger partial charge in [-0.25, -0.2) is 4.79 Å². The van der Waals surface area contributed by atoms with Crippen LogP contribution in [0.3, 0.4) is 0 Å². The van der Waals surface area contributed by atoms with Gasteiger partial charge in [0, 0.05) is 6.08 Å². The van der Waals surface area contributed by atoms with Gasteiger partial charge in [0.2, 0.25) is 0 Å². The van der Waals surface area contributed by atoms with E-state index < -0.39 is 10.9 Å². The van der Waals surface area contributed by atoms with Crippen LogP contribution in [-0.4, -0.2) is 16.0 Å². The number of rotatable bonds is 2. The van der Waals surface area contributed by atoms with E-state index in [0.717, 1.165) is 0 Å². The molecule has 0 saturated carbocycles. The number of carboxylic acid groups (broad SMARTS) is 1. The van der Waals surface area contributed by atoms with Crippen LogP contribution in [0.4, 0.5) is 0 Å². The standard InChI is InChI=1S/C7H7NO4/c9-7(10)5-3-1-2-4-6(5)8(11)12/h2,4H,1,3H2,(H,9,10). The van der Waals surface area contributed by atoms with Crippen LogP contribution in [0, 0.1) is 10.1 Å². The number of hydrogen-bond donors (Lipinski definition) is 1. The third-order valence-corrected chi connectivity index (χ3v) is 1.60. The fourth-order valence-electron chi connectivity index (χ4n) is 1.04. The molecule has 1 N–H and O–H groups in total. The number of nitrogens with zero attached hydrogens (tertiary/aromatic N) is 1. The van der Waals surface area contributed by atoms with Crippen LogP contribution in [0.25, 0.3) is 0 Å². The normalized spacial score (nSPS) is 16.3. The highest BCUT2D eigenvalue weighted by atomic mass is 16.6. The number of allylic oxidation sites excluding steroid dienone is 2. The fraction of sp³-hybridized carbons (Fsp3) is 0.286. The molecule has 0 spiro atoms. The highest BCUT2D eigenvalue weighted by Gasteiger charge is 2.23. The van der Waals surface area contributed by atoms with Crippen LogP contribution in [-0.2, 0) is 4.79 Å². The van der Waals surface area contributed by atoms with E-state index >= 15 is 0 Å². The summed E-state index contributed by atoms with van der Waals surface area (Å²) in [5.41, 5.74) is -0.406. The zero-order valence-corrected chi connectivity index (χ0v) is 6.19. The lowest BCUT2D eigenvalue weighted by atomic mass is 10.0. The van der Waals surface area contributed by atoms with E-state index in [2.05, 4.69) is 0 Å². The molecule has 5 nitrogen and oxygen atoms in total. The monoisotopic (exact) mass is 169 g/mol. The molecule has 0 fully saturated rings. The molecule has 0 aromatic carbocycles. The fourth-order valence-corrected chi connectivity index (χ4v) is 1.04. The van der Waals surface area contributed by atoms with Crippen molar-refractivity contribution >= 4 is 5.97 Å². The van der Waals surface area contributed by atoms with Crippen molar-refractivity contribution in [3.05, 3.63) is 33.5 Å². The Hall–Kier alpha value is -1.65. The molecule has 0 atom stereocenters. The minimum Gasteiger partial charge on any atom is -0.478 e. The molecule has 0 saturated heterocycles. The number of carboxylic acids is 1. The Kier molecular flexibility index (Phi) is 2.23. The molecule has 0 heterocycles. The number of carbonyl (C=O) groups is 1. The first kappa shape index (κ1) is 8.45. The predicted octanol–water partition coefficient (Wildman–Crippen LogP) is 0.952. The smallest absolute Gasteiger partial charge is 0.338 e. The first-order valence-corrected chi connectivity index (χ1v) is 3.40. The second-order valence-corrected chi connectivity index (χ2v) is 2.37. The van der Waals surface area contributed by atoms with E-state index in [1.165, 1.54) is 6.08 Å². The summed E-state index contributed by atoms with van der Waals surface area (Å²) in [6.45, 7) is 0. The summed E-state index contributed by atoms with van der Waals surface area (Å²) in [5.74, 6) is -1.20. The van der Waals surface area contributed by atoms with Gasteiger partial charge in [-0.05, 0) is 12.8 Å². The maximum absolute atomic E-state index is 10.5. The Bertz CT molecular complexity index is 290. The van der Waals surface area contributed by atoms with Crippen molar-refractivity contribution in [2.24, 2.45) is 0 Å². The molecule has 12 heavy (non-hydrogen) atoms. The van der Waals surface area contributed by atoms with E-state index in [1.807, 2.05) is 0 Å². The summed E-state index contributed by atoms with van der Waals surface area (Å²) in [4.78, 5) is 20.1.